The van der Waals surface area contributed by atoms with Crippen molar-refractivity contribution in [2.75, 3.05) is 13.1 Å². The van der Waals surface area contributed by atoms with Gasteiger partial charge in [0.05, 0.1) is 22.8 Å². The van der Waals surface area contributed by atoms with E-state index in [1.54, 1.807) is 0 Å². The number of nitrogens with zero attached hydrogens (tertiary/aromatic N) is 2. The first kappa shape index (κ1) is 28.3. The van der Waals surface area contributed by atoms with Crippen LogP contribution < -0.4 is 22.1 Å². The number of Topliss-reactive ketones (excluding diaryl/α,β-unsaturated/α-hetero) is 1. The van der Waals surface area contributed by atoms with Crippen molar-refractivity contribution in [2.45, 2.75) is 32.0 Å². The zero-order valence-electron chi connectivity index (χ0n) is 17.9. The van der Waals surface area contributed by atoms with Crippen LogP contribution in [0.25, 0.3) is 10.2 Å². The number of thiazole rings is 1. The van der Waals surface area contributed by atoms with Crippen molar-refractivity contribution in [2.24, 2.45) is 16.5 Å². The van der Waals surface area contributed by atoms with Crippen molar-refractivity contribution >= 4 is 51.1 Å². The number of guanidine groups is 1. The average Bonchev–Trinajstić information content (AvgIpc) is 3.17. The molecule has 11 nitrogen and oxygen atoms in total. The molecule has 0 unspecified atom stereocenters. The molecule has 0 aliphatic rings. The van der Waals surface area contributed by atoms with Crippen molar-refractivity contribution in [3.63, 3.8) is 0 Å². The van der Waals surface area contributed by atoms with E-state index in [0.29, 0.717) is 24.4 Å². The number of aromatic nitrogens is 1. The van der Waals surface area contributed by atoms with Gasteiger partial charge in [0.15, 0.2) is 11.0 Å². The van der Waals surface area contributed by atoms with Gasteiger partial charge in [-0.1, -0.05) is 12.1 Å². The number of carbonyl (C=O) groups is 4. The van der Waals surface area contributed by atoms with Crippen LogP contribution in [0.5, 0.6) is 0 Å². The van der Waals surface area contributed by atoms with Gasteiger partial charge in [0.2, 0.25) is 17.6 Å². The van der Waals surface area contributed by atoms with Crippen LogP contribution in [0.4, 0.5) is 13.2 Å². The number of hydrogen-bond acceptors (Lipinski definition) is 7. The predicted molar refractivity (Wildman–Crippen MR) is 118 cm³/mol. The van der Waals surface area contributed by atoms with Gasteiger partial charge in [-0.05, 0) is 25.0 Å². The van der Waals surface area contributed by atoms with Crippen molar-refractivity contribution in [3.8, 4) is 0 Å². The summed E-state index contributed by atoms with van der Waals surface area (Å²) in [5.74, 6) is -3.85. The molecule has 1 heterocycles. The Bertz CT molecular complexity index is 1020. The highest BCUT2D eigenvalue weighted by atomic mass is 32.1. The first-order valence-corrected chi connectivity index (χ1v) is 10.4. The number of carbonyl (C=O) groups excluding carboxylic acids is 3. The third-order valence-corrected chi connectivity index (χ3v) is 4.89. The van der Waals surface area contributed by atoms with Crippen molar-refractivity contribution in [1.82, 2.24) is 15.6 Å². The number of nitrogens with one attached hydrogen (secondary N) is 2. The summed E-state index contributed by atoms with van der Waals surface area (Å²) in [4.78, 5) is 53.0. The molecular weight excluding hydrogens is 481 g/mol. The Morgan fingerprint density at radius 3 is 2.35 bits per heavy atom. The van der Waals surface area contributed by atoms with Crippen LogP contribution in [0.1, 0.15) is 29.6 Å². The molecule has 0 bridgehead atoms. The first-order chi connectivity index (χ1) is 15.8. The number of carboxylic acids is 1. The Balaban J connectivity index is 0.000000718. The minimum atomic E-state index is -5.08. The molecule has 15 heteroatoms. The number of ketones is 1. The monoisotopic (exact) mass is 504 g/mol. The van der Waals surface area contributed by atoms with Gasteiger partial charge in [0.25, 0.3) is 0 Å². The van der Waals surface area contributed by atoms with E-state index in [9.17, 15) is 27.6 Å². The van der Waals surface area contributed by atoms with E-state index in [2.05, 4.69) is 20.6 Å². The minimum Gasteiger partial charge on any atom is -0.475 e. The molecule has 34 heavy (non-hydrogen) atoms. The molecule has 0 aliphatic carbocycles. The number of halogens is 3. The number of nitrogens with two attached hydrogens (primary N) is 2. The number of para-hydroxylation sites is 1. The predicted octanol–water partition coefficient (Wildman–Crippen LogP) is 0.787. The van der Waals surface area contributed by atoms with E-state index in [1.165, 1.54) is 18.3 Å². The molecule has 2 aromatic rings. The molecule has 2 rings (SSSR count). The quantitative estimate of drug-likeness (QED) is 0.143. The van der Waals surface area contributed by atoms with Crippen LogP contribution >= 0.6 is 11.3 Å². The Labute approximate surface area is 195 Å². The Morgan fingerprint density at radius 1 is 1.21 bits per heavy atom. The maximum Gasteiger partial charge on any atom is 0.490 e. The topological polar surface area (TPSA) is 190 Å². The number of aliphatic carboxylic acids is 1. The molecule has 0 fully saturated rings. The third kappa shape index (κ3) is 10.2. The number of benzene rings is 1. The van der Waals surface area contributed by atoms with Gasteiger partial charge in [-0.2, -0.15) is 13.2 Å². The Hall–Kier alpha value is -3.75. The zero-order valence-corrected chi connectivity index (χ0v) is 18.7. The Morgan fingerprint density at radius 2 is 1.82 bits per heavy atom. The van der Waals surface area contributed by atoms with Crippen LogP contribution in [0.2, 0.25) is 0 Å². The molecule has 7 N–H and O–H groups in total. The molecule has 0 aliphatic heterocycles. The summed E-state index contributed by atoms with van der Waals surface area (Å²) in [5.41, 5.74) is 11.3. The highest BCUT2D eigenvalue weighted by Crippen LogP contribution is 2.23. The fourth-order valence-corrected chi connectivity index (χ4v) is 3.31. The molecule has 1 aromatic carbocycles. The van der Waals surface area contributed by atoms with Gasteiger partial charge < -0.3 is 27.2 Å². The molecule has 1 aromatic heterocycles. The summed E-state index contributed by atoms with van der Waals surface area (Å²) in [5, 5.41) is 12.5. The van der Waals surface area contributed by atoms with Gasteiger partial charge in [-0.3, -0.25) is 19.4 Å². The van der Waals surface area contributed by atoms with Crippen LogP contribution in [-0.4, -0.2) is 64.9 Å². The van der Waals surface area contributed by atoms with E-state index in [-0.39, 0.29) is 24.2 Å². The first-order valence-electron chi connectivity index (χ1n) is 9.60. The molecule has 1 atom stereocenters. The highest BCUT2D eigenvalue weighted by Gasteiger charge is 2.38. The number of aliphatic imine (C=N–C) groups is 1. The van der Waals surface area contributed by atoms with Gasteiger partial charge in [-0.15, -0.1) is 11.3 Å². The normalized spacial score (nSPS) is 11.5. The van der Waals surface area contributed by atoms with Crippen LogP contribution in [0.3, 0.4) is 0 Å². The summed E-state index contributed by atoms with van der Waals surface area (Å²) in [7, 11) is 0. The largest absolute Gasteiger partial charge is 0.490 e. The zero-order chi connectivity index (χ0) is 25.9. The average molecular weight is 504 g/mol. The summed E-state index contributed by atoms with van der Waals surface area (Å²) >= 11 is 1.27. The fraction of sp³-hybridized carbons (Fsp3) is 0.368. The number of amides is 2. The molecule has 2 amide bonds. The third-order valence-electron chi connectivity index (χ3n) is 3.84. The van der Waals surface area contributed by atoms with Crippen molar-refractivity contribution in [3.05, 3.63) is 29.3 Å². The number of alkyl halides is 3. The summed E-state index contributed by atoms with van der Waals surface area (Å²) in [6, 6.07) is 6.65. The van der Waals surface area contributed by atoms with E-state index < -0.39 is 24.1 Å². The lowest BCUT2D eigenvalue weighted by molar-refractivity contribution is -0.192. The summed E-state index contributed by atoms with van der Waals surface area (Å²) in [6.45, 7) is 1.45. The maximum absolute atomic E-state index is 12.9. The lowest BCUT2D eigenvalue weighted by Crippen LogP contribution is -2.45. The summed E-state index contributed by atoms with van der Waals surface area (Å²) in [6.07, 6.45) is -4.24. The highest BCUT2D eigenvalue weighted by molar-refractivity contribution is 7.20. The van der Waals surface area contributed by atoms with E-state index in [4.69, 9.17) is 21.4 Å². The lowest BCUT2D eigenvalue weighted by atomic mass is 10.1. The smallest absolute Gasteiger partial charge is 0.475 e. The molecule has 0 saturated carbocycles. The standard InChI is InChI=1S/C17H22N6O3S.C2HF3O2/c1-10(24)21-9-14(25)22-12(6-4-8-20-17(18)19)15(26)16-23-11-5-2-3-7-13(11)27-16;3-2(4,5)1(6)7/h2-3,5,7,12H,4,6,8-9H2,1H3,(H,21,24)(H,22,25)(H4,18,19,20);(H,6,7)/t12-;/m0./s1. The Kier molecular flexibility index (Phi) is 10.9. The SMILES string of the molecule is CC(=O)NCC(=O)N[C@@H](CCCN=C(N)N)C(=O)c1nc2ccccc2s1.O=C(O)C(F)(F)F. The number of carboxylic acid groups (broad SMARTS) is 1. The second-order valence-electron chi connectivity index (χ2n) is 6.63. The lowest BCUT2D eigenvalue weighted by Gasteiger charge is -2.16. The van der Waals surface area contributed by atoms with Crippen molar-refractivity contribution in [1.29, 1.82) is 0 Å². The molecular formula is C19H23F3N6O5S. The van der Waals surface area contributed by atoms with Gasteiger partial charge in [-0.25, -0.2) is 9.78 Å². The molecule has 0 saturated heterocycles. The van der Waals surface area contributed by atoms with Crippen LogP contribution in [0, 0.1) is 0 Å². The van der Waals surface area contributed by atoms with Crippen molar-refractivity contribution < 1.29 is 37.5 Å². The van der Waals surface area contributed by atoms with E-state index >= 15 is 0 Å². The number of hydrogen-bond donors (Lipinski definition) is 5. The maximum atomic E-state index is 12.9. The number of rotatable bonds is 9. The second-order valence-corrected chi connectivity index (χ2v) is 7.66. The van der Waals surface area contributed by atoms with E-state index in [0.717, 1.165) is 10.2 Å². The van der Waals surface area contributed by atoms with Gasteiger partial charge >= 0.3 is 12.1 Å². The van der Waals surface area contributed by atoms with Gasteiger partial charge in [0.1, 0.15) is 0 Å². The van der Waals surface area contributed by atoms with Crippen LogP contribution in [0.15, 0.2) is 29.3 Å². The van der Waals surface area contributed by atoms with Crippen LogP contribution in [-0.2, 0) is 14.4 Å². The fourth-order valence-electron chi connectivity index (χ4n) is 2.35. The minimum absolute atomic E-state index is 0.0289. The molecule has 0 spiro atoms. The second kappa shape index (κ2) is 13.1. The summed E-state index contributed by atoms with van der Waals surface area (Å²) < 4.78 is 32.6. The molecule has 186 valence electrons. The number of fused-ring (bicyclic) bond motifs is 1. The molecule has 0 radical (unpaired) electrons. The van der Waals surface area contributed by atoms with E-state index in [1.807, 2.05) is 24.3 Å². The van der Waals surface area contributed by atoms with Gasteiger partial charge in [0, 0.05) is 13.5 Å².